The molecule has 1 aromatic carbocycles. The maximum Gasteiger partial charge on any atom is 0.490 e. The van der Waals surface area contributed by atoms with E-state index in [-0.39, 0.29) is 34.4 Å². The number of nitrogen functional groups attached to an aromatic ring is 1. The molecule has 2 rings (SSSR count). The number of esters is 1. The van der Waals surface area contributed by atoms with Gasteiger partial charge >= 0.3 is 18.3 Å². The van der Waals surface area contributed by atoms with Gasteiger partial charge in [0.25, 0.3) is 11.8 Å². The van der Waals surface area contributed by atoms with Gasteiger partial charge in [-0.15, -0.1) is 0 Å². The predicted octanol–water partition coefficient (Wildman–Crippen LogP) is 3.12. The van der Waals surface area contributed by atoms with Crippen molar-refractivity contribution in [2.45, 2.75) is 44.8 Å². The van der Waals surface area contributed by atoms with Crippen molar-refractivity contribution in [3.05, 3.63) is 41.2 Å². The molecule has 0 saturated heterocycles. The van der Waals surface area contributed by atoms with Crippen LogP contribution < -0.4 is 16.4 Å². The lowest BCUT2D eigenvalue weighted by Gasteiger charge is -2.36. The Morgan fingerprint density at radius 3 is 2.26 bits per heavy atom. The molecular weight excluding hydrogens is 531 g/mol. The number of amides is 2. The summed E-state index contributed by atoms with van der Waals surface area (Å²) in [5.74, 6) is -5.86. The zero-order valence-electron chi connectivity index (χ0n) is 20.1. The number of anilines is 1. The number of benzene rings is 1. The van der Waals surface area contributed by atoms with E-state index in [2.05, 4.69) is 20.0 Å². The maximum absolute atomic E-state index is 14.4. The van der Waals surface area contributed by atoms with E-state index in [1.165, 1.54) is 12.2 Å². The van der Waals surface area contributed by atoms with Crippen molar-refractivity contribution >= 4 is 23.6 Å². The van der Waals surface area contributed by atoms with E-state index in [0.29, 0.717) is 12.1 Å². The van der Waals surface area contributed by atoms with Gasteiger partial charge in [0.1, 0.15) is 0 Å². The van der Waals surface area contributed by atoms with Crippen molar-refractivity contribution in [3.8, 4) is 11.3 Å². The van der Waals surface area contributed by atoms with E-state index in [4.69, 9.17) is 5.73 Å². The summed E-state index contributed by atoms with van der Waals surface area (Å²) in [6.07, 6.45) is -10.6. The highest BCUT2D eigenvalue weighted by atomic mass is 19.4. The Morgan fingerprint density at radius 1 is 1.11 bits per heavy atom. The molecule has 2 aromatic rings. The monoisotopic (exact) mass is 553 g/mol. The molecule has 1 unspecified atom stereocenters. The number of aromatic nitrogens is 2. The molecule has 0 bridgehead atoms. The highest BCUT2D eigenvalue weighted by Gasteiger charge is 2.62. The molecule has 9 nitrogen and oxygen atoms in total. The fraction of sp³-hybridized carbons (Fsp3) is 0.409. The summed E-state index contributed by atoms with van der Waals surface area (Å²) in [7, 11) is 0. The normalized spacial score (nSPS) is 13.6. The van der Waals surface area contributed by atoms with Crippen LogP contribution in [0.3, 0.4) is 0 Å². The van der Waals surface area contributed by atoms with Gasteiger partial charge in [0.15, 0.2) is 18.2 Å². The van der Waals surface area contributed by atoms with Crippen molar-refractivity contribution in [1.29, 1.82) is 0 Å². The lowest BCUT2D eigenvalue weighted by molar-refractivity contribution is -0.288. The highest BCUT2D eigenvalue weighted by Crippen LogP contribution is 2.44. The molecule has 0 aliphatic carbocycles. The van der Waals surface area contributed by atoms with Gasteiger partial charge in [-0.25, -0.2) is 19.2 Å². The summed E-state index contributed by atoms with van der Waals surface area (Å²) in [5, 5.41) is 3.99. The van der Waals surface area contributed by atoms with Crippen LogP contribution in [-0.4, -0.2) is 59.4 Å². The SMILES string of the molecule is Cc1ccc(C(CNC(=O)CF)(OC(=O)C(F)(F)F)C(F)(F)F)cc1-c1cnc(N)c(C(=O)NC(C)C)n1. The Balaban J connectivity index is 2.76. The third kappa shape index (κ3) is 6.66. The minimum atomic E-state index is -5.84. The van der Waals surface area contributed by atoms with E-state index in [0.717, 1.165) is 12.3 Å². The van der Waals surface area contributed by atoms with E-state index >= 15 is 0 Å². The Kier molecular flexibility index (Phi) is 8.90. The number of aryl methyl sites for hydroxylation is 1. The lowest BCUT2D eigenvalue weighted by atomic mass is 9.89. The number of nitrogens with zero attached hydrogens (tertiary/aromatic N) is 2. The summed E-state index contributed by atoms with van der Waals surface area (Å²) in [6.45, 7) is 1.12. The van der Waals surface area contributed by atoms with Crippen LogP contribution in [0.15, 0.2) is 24.4 Å². The number of carbonyl (C=O) groups excluding carboxylic acids is 3. The van der Waals surface area contributed by atoms with Crippen LogP contribution in [0.5, 0.6) is 0 Å². The first kappa shape index (κ1) is 30.2. The van der Waals surface area contributed by atoms with Gasteiger partial charge in [0.05, 0.1) is 18.4 Å². The second kappa shape index (κ2) is 11.2. The number of hydrogen-bond donors (Lipinski definition) is 3. The van der Waals surface area contributed by atoms with Crippen molar-refractivity contribution < 1.29 is 49.9 Å². The number of carbonyl (C=O) groups is 3. The zero-order chi connectivity index (χ0) is 29.1. The molecule has 1 aromatic heterocycles. The largest absolute Gasteiger partial charge is 0.490 e. The number of ether oxygens (including phenoxy) is 1. The second-order valence-electron chi connectivity index (χ2n) is 8.27. The summed E-state index contributed by atoms with van der Waals surface area (Å²) >= 11 is 0. The van der Waals surface area contributed by atoms with E-state index < -0.39 is 54.5 Å². The standard InChI is InChI=1S/C22H22F7N5O4/c1-10(2)33-18(36)16-17(30)31-8-14(34-16)13-6-12(5-4-11(13)3)20(22(27,28)29,9-32-15(35)7-23)38-19(37)21(24,25)26/h4-6,8,10H,7,9H2,1-3H3,(H2,30,31)(H,32,35)(H,33,36). The van der Waals surface area contributed by atoms with Gasteiger partial charge in [0, 0.05) is 17.2 Å². The third-order valence-electron chi connectivity index (χ3n) is 5.03. The summed E-state index contributed by atoms with van der Waals surface area (Å²) in [5.41, 5.74) is 0.0553. The summed E-state index contributed by atoms with van der Waals surface area (Å²) < 4.78 is 98.5. The Labute approximate surface area is 211 Å². The molecule has 0 saturated carbocycles. The van der Waals surface area contributed by atoms with Crippen LogP contribution in [0.2, 0.25) is 0 Å². The van der Waals surface area contributed by atoms with Gasteiger partial charge in [-0.2, -0.15) is 26.3 Å². The second-order valence-corrected chi connectivity index (χ2v) is 8.27. The van der Waals surface area contributed by atoms with Gasteiger partial charge < -0.3 is 21.1 Å². The van der Waals surface area contributed by atoms with Crippen molar-refractivity contribution in [2.24, 2.45) is 0 Å². The van der Waals surface area contributed by atoms with Crippen molar-refractivity contribution in [3.63, 3.8) is 0 Å². The molecule has 0 aliphatic heterocycles. The number of rotatable bonds is 8. The van der Waals surface area contributed by atoms with Crippen LogP contribution in [0.25, 0.3) is 11.3 Å². The minimum absolute atomic E-state index is 0.151. The lowest BCUT2D eigenvalue weighted by Crippen LogP contribution is -2.55. The molecule has 1 atom stereocenters. The molecule has 38 heavy (non-hydrogen) atoms. The van der Waals surface area contributed by atoms with E-state index in [1.807, 2.05) is 0 Å². The number of hydrogen-bond acceptors (Lipinski definition) is 7. The van der Waals surface area contributed by atoms with Crippen LogP contribution in [0.1, 0.15) is 35.5 Å². The van der Waals surface area contributed by atoms with Crippen LogP contribution in [-0.2, 0) is 19.9 Å². The summed E-state index contributed by atoms with van der Waals surface area (Å²) in [4.78, 5) is 43.2. The molecule has 16 heteroatoms. The van der Waals surface area contributed by atoms with Gasteiger partial charge in [-0.05, 0) is 32.4 Å². The quantitative estimate of drug-likeness (QED) is 0.338. The van der Waals surface area contributed by atoms with Crippen molar-refractivity contribution in [1.82, 2.24) is 20.6 Å². The molecule has 0 spiro atoms. The van der Waals surface area contributed by atoms with Gasteiger partial charge in [-0.1, -0.05) is 12.1 Å². The van der Waals surface area contributed by atoms with Gasteiger partial charge in [-0.3, -0.25) is 9.59 Å². The molecule has 0 fully saturated rings. The fourth-order valence-corrected chi connectivity index (χ4v) is 3.18. The van der Waals surface area contributed by atoms with Gasteiger partial charge in [0.2, 0.25) is 5.60 Å². The average Bonchev–Trinajstić information content (AvgIpc) is 2.80. The topological polar surface area (TPSA) is 136 Å². The molecule has 0 radical (unpaired) electrons. The first-order chi connectivity index (χ1) is 17.4. The molecule has 1 heterocycles. The Bertz CT molecular complexity index is 1220. The highest BCUT2D eigenvalue weighted by molar-refractivity contribution is 5.97. The summed E-state index contributed by atoms with van der Waals surface area (Å²) in [6, 6.07) is 2.13. The minimum Gasteiger partial charge on any atom is -0.436 e. The smallest absolute Gasteiger partial charge is 0.436 e. The molecule has 208 valence electrons. The molecule has 0 aliphatic rings. The van der Waals surface area contributed by atoms with E-state index in [9.17, 15) is 45.1 Å². The first-order valence-electron chi connectivity index (χ1n) is 10.7. The Hall–Kier alpha value is -3.98. The van der Waals surface area contributed by atoms with Crippen LogP contribution in [0.4, 0.5) is 36.6 Å². The molecular formula is C22H22F7N5O4. The zero-order valence-corrected chi connectivity index (χ0v) is 20.1. The molecule has 4 N–H and O–H groups in total. The number of alkyl halides is 7. The number of halogens is 7. The maximum atomic E-state index is 14.4. The Morgan fingerprint density at radius 2 is 1.74 bits per heavy atom. The van der Waals surface area contributed by atoms with Crippen LogP contribution in [0, 0.1) is 6.92 Å². The molecule has 2 amide bonds. The number of nitrogens with one attached hydrogen (secondary N) is 2. The first-order valence-corrected chi connectivity index (χ1v) is 10.7. The number of nitrogens with two attached hydrogens (primary N) is 1. The van der Waals surface area contributed by atoms with Crippen molar-refractivity contribution in [2.75, 3.05) is 19.0 Å². The predicted molar refractivity (Wildman–Crippen MR) is 118 cm³/mol. The van der Waals surface area contributed by atoms with Crippen LogP contribution >= 0.6 is 0 Å². The third-order valence-corrected chi connectivity index (χ3v) is 5.03. The fourth-order valence-electron chi connectivity index (χ4n) is 3.18. The van der Waals surface area contributed by atoms with E-state index in [1.54, 1.807) is 13.8 Å². The average molecular weight is 553 g/mol.